The van der Waals surface area contributed by atoms with Crippen LogP contribution in [0.15, 0.2) is 59.4 Å². The van der Waals surface area contributed by atoms with Gasteiger partial charge in [0, 0.05) is 11.9 Å². The SMILES string of the molecule is Cc1ccc(CNC(=O)Cn2nc(C)n3c(cc4ccccc43)c2=O)cc1. The summed E-state index contributed by atoms with van der Waals surface area (Å²) in [4.78, 5) is 25.1. The molecule has 6 nitrogen and oxygen atoms in total. The lowest BCUT2D eigenvalue weighted by Crippen LogP contribution is -2.34. The van der Waals surface area contributed by atoms with Gasteiger partial charge >= 0.3 is 0 Å². The molecule has 2 heterocycles. The Morgan fingerprint density at radius 2 is 1.78 bits per heavy atom. The van der Waals surface area contributed by atoms with Crippen LogP contribution in [0.1, 0.15) is 17.0 Å². The van der Waals surface area contributed by atoms with Crippen molar-refractivity contribution < 1.29 is 4.79 Å². The number of amides is 1. The Bertz CT molecular complexity index is 1200. The van der Waals surface area contributed by atoms with E-state index < -0.39 is 0 Å². The molecule has 0 saturated carbocycles. The first-order chi connectivity index (χ1) is 13.0. The summed E-state index contributed by atoms with van der Waals surface area (Å²) in [5, 5.41) is 8.15. The van der Waals surface area contributed by atoms with Crippen LogP contribution in [0.2, 0.25) is 0 Å². The Balaban J connectivity index is 1.59. The molecule has 0 bridgehead atoms. The van der Waals surface area contributed by atoms with Crippen molar-refractivity contribution in [3.63, 3.8) is 0 Å². The van der Waals surface area contributed by atoms with Crippen LogP contribution < -0.4 is 10.9 Å². The van der Waals surface area contributed by atoms with Gasteiger partial charge in [0.25, 0.3) is 5.56 Å². The van der Waals surface area contributed by atoms with Crippen molar-refractivity contribution in [1.29, 1.82) is 0 Å². The van der Waals surface area contributed by atoms with Crippen molar-refractivity contribution in [1.82, 2.24) is 19.5 Å². The van der Waals surface area contributed by atoms with Gasteiger partial charge in [0.1, 0.15) is 17.9 Å². The molecular weight excluding hydrogens is 340 g/mol. The van der Waals surface area contributed by atoms with E-state index in [0.29, 0.717) is 17.9 Å². The first-order valence-corrected chi connectivity index (χ1v) is 8.83. The Labute approximate surface area is 156 Å². The molecule has 136 valence electrons. The Kier molecular flexibility index (Phi) is 4.24. The summed E-state index contributed by atoms with van der Waals surface area (Å²) in [7, 11) is 0. The van der Waals surface area contributed by atoms with Gasteiger partial charge in [0.05, 0.1) is 5.52 Å². The fraction of sp³-hybridized carbons (Fsp3) is 0.190. The van der Waals surface area contributed by atoms with Crippen molar-refractivity contribution in [3.05, 3.63) is 81.9 Å². The molecule has 0 aliphatic heterocycles. The molecule has 1 amide bonds. The lowest BCUT2D eigenvalue weighted by atomic mass is 10.1. The standard InChI is InChI=1S/C21H20N4O2/c1-14-7-9-16(10-8-14)12-22-20(26)13-24-21(27)19-11-17-5-3-4-6-18(17)25(19)15(2)23-24/h3-11H,12-13H2,1-2H3,(H,22,26). The Morgan fingerprint density at radius 1 is 1.04 bits per heavy atom. The van der Waals surface area contributed by atoms with Gasteiger partial charge in [-0.15, -0.1) is 0 Å². The molecule has 0 aliphatic rings. The summed E-state index contributed by atoms with van der Waals surface area (Å²) in [5.41, 5.74) is 3.37. The van der Waals surface area contributed by atoms with E-state index in [9.17, 15) is 9.59 Å². The molecule has 2 aromatic heterocycles. The van der Waals surface area contributed by atoms with E-state index in [0.717, 1.165) is 16.5 Å². The van der Waals surface area contributed by atoms with Gasteiger partial charge in [-0.05, 0) is 31.5 Å². The monoisotopic (exact) mass is 360 g/mol. The third-order valence-corrected chi connectivity index (χ3v) is 4.66. The molecule has 2 aromatic carbocycles. The van der Waals surface area contributed by atoms with Crippen molar-refractivity contribution in [2.75, 3.05) is 0 Å². The van der Waals surface area contributed by atoms with Crippen LogP contribution in [-0.4, -0.2) is 20.1 Å². The predicted octanol–water partition coefficient (Wildman–Crippen LogP) is 2.58. The maximum atomic E-state index is 12.8. The summed E-state index contributed by atoms with van der Waals surface area (Å²) >= 11 is 0. The zero-order valence-electron chi connectivity index (χ0n) is 15.3. The van der Waals surface area contributed by atoms with Crippen LogP contribution in [0.25, 0.3) is 16.4 Å². The number of carbonyl (C=O) groups is 1. The van der Waals surface area contributed by atoms with Crippen LogP contribution in [-0.2, 0) is 17.9 Å². The lowest BCUT2D eigenvalue weighted by molar-refractivity contribution is -0.122. The molecule has 0 spiro atoms. The van der Waals surface area contributed by atoms with Crippen molar-refractivity contribution >= 4 is 22.3 Å². The average Bonchev–Trinajstić information content (AvgIpc) is 3.06. The molecule has 0 fully saturated rings. The maximum absolute atomic E-state index is 12.8. The highest BCUT2D eigenvalue weighted by Crippen LogP contribution is 2.18. The number of carbonyl (C=O) groups excluding carboxylic acids is 1. The number of hydrogen-bond acceptors (Lipinski definition) is 3. The molecule has 0 radical (unpaired) electrons. The van der Waals surface area contributed by atoms with E-state index in [1.807, 2.05) is 72.8 Å². The fourth-order valence-electron chi connectivity index (χ4n) is 3.26. The summed E-state index contributed by atoms with van der Waals surface area (Å²) in [6.45, 7) is 4.16. The second-order valence-electron chi connectivity index (χ2n) is 6.70. The second kappa shape index (κ2) is 6.72. The van der Waals surface area contributed by atoms with Crippen LogP contribution in [0.4, 0.5) is 0 Å². The van der Waals surface area contributed by atoms with Gasteiger partial charge in [-0.3, -0.25) is 14.0 Å². The first kappa shape index (κ1) is 17.0. The minimum atomic E-state index is -0.276. The number of hydrogen-bond donors (Lipinski definition) is 1. The van der Waals surface area contributed by atoms with Gasteiger partial charge < -0.3 is 5.32 Å². The maximum Gasteiger partial charge on any atom is 0.291 e. The number of benzene rings is 2. The number of para-hydroxylation sites is 1. The van der Waals surface area contributed by atoms with Gasteiger partial charge in [0.2, 0.25) is 5.91 Å². The molecule has 4 rings (SSSR count). The summed E-state index contributed by atoms with van der Waals surface area (Å²) < 4.78 is 3.06. The molecule has 0 unspecified atom stereocenters. The summed E-state index contributed by atoms with van der Waals surface area (Å²) in [6.07, 6.45) is 0. The fourth-order valence-corrected chi connectivity index (χ4v) is 3.26. The highest BCUT2D eigenvalue weighted by Gasteiger charge is 2.13. The molecule has 6 heteroatoms. The predicted molar refractivity (Wildman–Crippen MR) is 105 cm³/mol. The third-order valence-electron chi connectivity index (χ3n) is 4.66. The number of nitrogens with one attached hydrogen (secondary N) is 1. The molecular formula is C21H20N4O2. The normalized spacial score (nSPS) is 11.2. The minimum absolute atomic E-state index is 0.108. The summed E-state index contributed by atoms with van der Waals surface area (Å²) in [5.74, 6) is 0.419. The second-order valence-corrected chi connectivity index (χ2v) is 6.70. The number of fused-ring (bicyclic) bond motifs is 3. The van der Waals surface area contributed by atoms with Crippen LogP contribution in [0.5, 0.6) is 0 Å². The van der Waals surface area contributed by atoms with Crippen molar-refractivity contribution in [3.8, 4) is 0 Å². The van der Waals surface area contributed by atoms with Crippen molar-refractivity contribution in [2.24, 2.45) is 0 Å². The Morgan fingerprint density at radius 3 is 2.56 bits per heavy atom. The first-order valence-electron chi connectivity index (χ1n) is 8.83. The van der Waals surface area contributed by atoms with E-state index in [1.165, 1.54) is 10.2 Å². The van der Waals surface area contributed by atoms with E-state index in [1.54, 1.807) is 0 Å². The summed E-state index contributed by atoms with van der Waals surface area (Å²) in [6, 6.07) is 17.6. The number of aromatic nitrogens is 3. The lowest BCUT2D eigenvalue weighted by Gasteiger charge is -2.09. The van der Waals surface area contributed by atoms with E-state index in [-0.39, 0.29) is 18.0 Å². The third kappa shape index (κ3) is 3.21. The zero-order valence-corrected chi connectivity index (χ0v) is 15.3. The van der Waals surface area contributed by atoms with E-state index in [2.05, 4.69) is 10.4 Å². The molecule has 1 N–H and O–H groups in total. The van der Waals surface area contributed by atoms with Gasteiger partial charge in [0.15, 0.2) is 0 Å². The zero-order chi connectivity index (χ0) is 19.0. The van der Waals surface area contributed by atoms with Crippen molar-refractivity contribution in [2.45, 2.75) is 26.9 Å². The highest BCUT2D eigenvalue weighted by molar-refractivity contribution is 5.87. The number of aryl methyl sites for hydroxylation is 2. The van der Waals surface area contributed by atoms with Crippen LogP contribution >= 0.6 is 0 Å². The van der Waals surface area contributed by atoms with E-state index in [4.69, 9.17) is 0 Å². The van der Waals surface area contributed by atoms with Crippen LogP contribution in [0, 0.1) is 13.8 Å². The number of nitrogens with zero attached hydrogens (tertiary/aromatic N) is 3. The molecule has 0 atom stereocenters. The Hall–Kier alpha value is -3.41. The topological polar surface area (TPSA) is 68.4 Å². The minimum Gasteiger partial charge on any atom is -0.350 e. The molecule has 0 aliphatic carbocycles. The highest BCUT2D eigenvalue weighted by atomic mass is 16.2. The quantitative estimate of drug-likeness (QED) is 0.608. The van der Waals surface area contributed by atoms with E-state index >= 15 is 0 Å². The van der Waals surface area contributed by atoms with Gasteiger partial charge in [-0.1, -0.05) is 48.0 Å². The van der Waals surface area contributed by atoms with Crippen LogP contribution in [0.3, 0.4) is 0 Å². The molecule has 4 aromatic rings. The molecule has 27 heavy (non-hydrogen) atoms. The average molecular weight is 360 g/mol. The van der Waals surface area contributed by atoms with Gasteiger partial charge in [-0.2, -0.15) is 5.10 Å². The molecule has 0 saturated heterocycles. The number of rotatable bonds is 4. The van der Waals surface area contributed by atoms with Gasteiger partial charge in [-0.25, -0.2) is 4.68 Å². The largest absolute Gasteiger partial charge is 0.350 e. The smallest absolute Gasteiger partial charge is 0.291 e.